The molecule has 702 valence electrons. The predicted molar refractivity (Wildman–Crippen MR) is 411 cm³/mol. The van der Waals surface area contributed by atoms with E-state index in [1.54, 1.807) is 7.11 Å². The predicted octanol–water partition coefficient (Wildman–Crippen LogP) is 15.4. The van der Waals surface area contributed by atoms with Crippen molar-refractivity contribution in [1.29, 1.82) is 0 Å². The fourth-order valence-electron chi connectivity index (χ4n) is 9.36. The van der Waals surface area contributed by atoms with Gasteiger partial charge in [0.1, 0.15) is 0 Å². The fourth-order valence-corrected chi connectivity index (χ4v) is 9.36. The smallest absolute Gasteiger partial charge is 0.460 e. The third kappa shape index (κ3) is 67.3. The maximum absolute atomic E-state index is 13.4. The van der Waals surface area contributed by atoms with Crippen molar-refractivity contribution in [1.82, 2.24) is 0 Å². The molecule has 0 rings (SSSR count). The van der Waals surface area contributed by atoms with Gasteiger partial charge < -0.3 is 104 Å². The van der Waals surface area contributed by atoms with Crippen molar-refractivity contribution in [2.45, 2.75) is 218 Å². The zero-order chi connectivity index (χ0) is 86.8. The van der Waals surface area contributed by atoms with E-state index in [-0.39, 0.29) is 18.3 Å². The lowest BCUT2D eigenvalue weighted by Gasteiger charge is -2.39. The van der Waals surface area contributed by atoms with Crippen LogP contribution in [0.1, 0.15) is 182 Å². The van der Waals surface area contributed by atoms with Crippen LogP contribution in [-0.4, -0.2) is 326 Å². The minimum absolute atomic E-state index is 0.0378. The molecule has 0 aliphatic heterocycles. The summed E-state index contributed by atoms with van der Waals surface area (Å²) in [5.41, 5.74) is 0. The number of ether oxygens (including phenoxy) is 22. The van der Waals surface area contributed by atoms with E-state index in [0.717, 1.165) is 168 Å². The van der Waals surface area contributed by atoms with Gasteiger partial charge in [-0.15, -0.1) is 0 Å². The quantitative estimate of drug-likeness (QED) is 0.0312. The van der Waals surface area contributed by atoms with Gasteiger partial charge in [-0.05, 0) is 141 Å². The Morgan fingerprint density at radius 2 is 0.359 bits per heavy atom. The van der Waals surface area contributed by atoms with Crippen molar-refractivity contribution in [2.75, 3.05) is 278 Å². The molecule has 2 unspecified atom stereocenters. The molecule has 0 aliphatic rings. The van der Waals surface area contributed by atoms with Gasteiger partial charge in [-0.3, -0.25) is 9.59 Å². The van der Waals surface area contributed by atoms with E-state index >= 15 is 0 Å². The number of carbonyl (C=O) groups excluding carboxylic acids is 2. The van der Waals surface area contributed by atoms with E-state index in [2.05, 4.69) is 4.74 Å². The molecular formula is C80H147F13O24. The highest BCUT2D eigenvalue weighted by Crippen LogP contribution is 2.61. The van der Waals surface area contributed by atoms with Gasteiger partial charge in [-0.2, -0.15) is 57.1 Å². The molecule has 0 aromatic rings. The van der Waals surface area contributed by atoms with E-state index in [4.69, 9.17) is 99.5 Å². The monoisotopic (exact) mass is 1740 g/mol. The second-order valence-corrected chi connectivity index (χ2v) is 27.3. The van der Waals surface area contributed by atoms with Crippen molar-refractivity contribution in [2.24, 2.45) is 11.8 Å². The lowest BCUT2D eigenvalue weighted by Crippen LogP contribution is -2.70. The van der Waals surface area contributed by atoms with Gasteiger partial charge in [-0.1, -0.05) is 27.7 Å². The molecule has 24 nitrogen and oxygen atoms in total. The number of halogens is 13. The first-order valence-corrected chi connectivity index (χ1v) is 42.1. The van der Waals surface area contributed by atoms with Crippen LogP contribution in [0.3, 0.4) is 0 Å². The number of esters is 2. The minimum atomic E-state index is -7.91. The average molecular weight is 1740 g/mol. The van der Waals surface area contributed by atoms with E-state index < -0.39 is 67.1 Å². The molecule has 0 fully saturated rings. The van der Waals surface area contributed by atoms with Gasteiger partial charge in [0.05, 0.1) is 25.0 Å². The van der Waals surface area contributed by atoms with Gasteiger partial charge >= 0.3 is 47.7 Å². The van der Waals surface area contributed by atoms with Gasteiger partial charge in [0.2, 0.25) is 0 Å². The second-order valence-electron chi connectivity index (χ2n) is 27.3. The first kappa shape index (κ1) is 116. The van der Waals surface area contributed by atoms with E-state index in [0.29, 0.717) is 231 Å². The van der Waals surface area contributed by atoms with Crippen molar-refractivity contribution in [3.8, 4) is 0 Å². The zero-order valence-electron chi connectivity index (χ0n) is 70.8. The van der Waals surface area contributed by atoms with Crippen LogP contribution in [0.25, 0.3) is 0 Å². The van der Waals surface area contributed by atoms with Crippen LogP contribution in [0.2, 0.25) is 0 Å². The highest BCUT2D eigenvalue weighted by atomic mass is 19.4. The van der Waals surface area contributed by atoms with Crippen molar-refractivity contribution in [3.63, 3.8) is 0 Å². The molecule has 0 saturated carbocycles. The molecule has 37 heteroatoms. The van der Waals surface area contributed by atoms with Crippen LogP contribution in [-0.2, 0) is 114 Å². The number of methoxy groups -OCH3 is 1. The highest BCUT2D eigenvalue weighted by Gasteiger charge is 2.90. The molecule has 0 radical (unpaired) electrons. The molecule has 0 spiro atoms. The lowest BCUT2D eigenvalue weighted by molar-refractivity contribution is -0.440. The third-order valence-corrected chi connectivity index (χ3v) is 16.6. The molecule has 0 saturated heterocycles. The van der Waals surface area contributed by atoms with E-state index in [1.165, 1.54) is 13.8 Å². The standard InChI is InChI=1S/C66H132O22.C14H15F13O2/c1-4-65(2)66(67)88-64-24-63-87-62-23-61-86-60-22-59-85-58-21-57-84-56-20-55-83-54-19-53-82-52-18-51-81-50-17-49-80-48-16-47-79-46-15-45-78-44-14-43-77-42-13-41-76-40-12-39-75-38-11-37-74-36-10-35-73-34-9-33-72-32-8-31-71-30-7-29-70-28-6-27-69-26-5-25-68-3;1-3-7(2)8(28)29-6-4-5-9(15,16)10(17,18)11(19,20)12(21,22)13(23,24)14(25,26)27/h65H,4-64H2,1-3H3;7H,3-6H2,1-2H3. The Labute approximate surface area is 688 Å². The first-order chi connectivity index (χ1) is 56.3. The minimum Gasteiger partial charge on any atom is -0.465 e. The normalized spacial score (nSPS) is 13.0. The Hall–Kier alpha value is -2.77. The second kappa shape index (κ2) is 81.6. The summed E-state index contributed by atoms with van der Waals surface area (Å²) in [4.78, 5) is 22.8. The largest absolute Gasteiger partial charge is 0.465 e. The van der Waals surface area contributed by atoms with Crippen LogP contribution >= 0.6 is 0 Å². The molecule has 0 aliphatic carbocycles. The number of hydrogen-bond acceptors (Lipinski definition) is 24. The van der Waals surface area contributed by atoms with Gasteiger partial charge in [0, 0.05) is 278 Å². The Morgan fingerprint density at radius 1 is 0.214 bits per heavy atom. The molecule has 0 heterocycles. The number of carbonyl (C=O) groups is 2. The Bertz CT molecular complexity index is 2120. The maximum Gasteiger partial charge on any atom is 0.460 e. The molecule has 2 atom stereocenters. The summed E-state index contributed by atoms with van der Waals surface area (Å²) < 4.78 is 289. The van der Waals surface area contributed by atoms with Gasteiger partial charge in [0.25, 0.3) is 0 Å². The molecular weight excluding hydrogens is 1590 g/mol. The summed E-state index contributed by atoms with van der Waals surface area (Å²) >= 11 is 0. The molecule has 0 aromatic heterocycles. The number of alkyl halides is 13. The van der Waals surface area contributed by atoms with Crippen molar-refractivity contribution in [3.05, 3.63) is 0 Å². The first-order valence-electron chi connectivity index (χ1n) is 42.1. The Morgan fingerprint density at radius 3 is 0.513 bits per heavy atom. The Balaban J connectivity index is 0. The summed E-state index contributed by atoms with van der Waals surface area (Å²) in [7, 11) is 1.71. The SMILES string of the molecule is CCC(C)C(=O)OCCCC(F)(F)C(F)(F)C(F)(F)C(F)(F)C(F)(F)C(F)(F)F.CCC(C)C(=O)OCCCOCCCOCCCOCCCOCCCOCCCOCCCOCCCOCCCOCCCOCCCOCCCOCCCOCCCOCCCOCCCOCCCOCCCOCCCOCCCOC. The van der Waals surface area contributed by atoms with Gasteiger partial charge in [0.15, 0.2) is 0 Å². The van der Waals surface area contributed by atoms with Crippen LogP contribution < -0.4 is 0 Å². The molecule has 0 amide bonds. The fraction of sp³-hybridized carbons (Fsp3) is 0.975. The number of hydrogen-bond donors (Lipinski definition) is 0. The number of rotatable bonds is 92. The summed E-state index contributed by atoms with van der Waals surface area (Å²) in [6, 6.07) is 0. The summed E-state index contributed by atoms with van der Waals surface area (Å²) in [5.74, 6) is -38.8. The van der Waals surface area contributed by atoms with Gasteiger partial charge in [-0.25, -0.2) is 0 Å². The van der Waals surface area contributed by atoms with Crippen LogP contribution in [0.5, 0.6) is 0 Å². The Kier molecular flexibility index (Phi) is 81.1. The highest BCUT2D eigenvalue weighted by molar-refractivity contribution is 5.72. The summed E-state index contributed by atoms with van der Waals surface area (Å²) in [6.07, 6.45) is 7.50. The van der Waals surface area contributed by atoms with Crippen LogP contribution in [0.15, 0.2) is 0 Å². The zero-order valence-corrected chi connectivity index (χ0v) is 70.8. The molecule has 0 aromatic carbocycles. The van der Waals surface area contributed by atoms with Crippen LogP contribution in [0, 0.1) is 11.8 Å². The molecule has 0 bridgehead atoms. The average Bonchev–Trinajstić information content (AvgIpc) is 0.712. The maximum atomic E-state index is 13.4. The lowest BCUT2D eigenvalue weighted by atomic mass is 9.92. The third-order valence-electron chi connectivity index (χ3n) is 16.6. The molecule has 117 heavy (non-hydrogen) atoms. The topological polar surface area (TPSA) is 237 Å². The summed E-state index contributed by atoms with van der Waals surface area (Å²) in [6.45, 7) is 33.3. The van der Waals surface area contributed by atoms with Crippen molar-refractivity contribution >= 4 is 11.9 Å². The van der Waals surface area contributed by atoms with E-state index in [1.807, 2.05) is 13.8 Å². The van der Waals surface area contributed by atoms with Crippen molar-refractivity contribution < 1.29 is 171 Å². The van der Waals surface area contributed by atoms with E-state index in [9.17, 15) is 66.7 Å². The molecule has 0 N–H and O–H groups in total. The van der Waals surface area contributed by atoms with Crippen LogP contribution in [0.4, 0.5) is 57.1 Å². The summed E-state index contributed by atoms with van der Waals surface area (Å²) in [5, 5.41) is 0.